The summed E-state index contributed by atoms with van der Waals surface area (Å²) in [6.45, 7) is 4.40. The van der Waals surface area contributed by atoms with Crippen molar-refractivity contribution in [3.63, 3.8) is 0 Å². The van der Waals surface area contributed by atoms with Gasteiger partial charge in [-0.25, -0.2) is 0 Å². The Morgan fingerprint density at radius 3 is 2.59 bits per heavy atom. The predicted octanol–water partition coefficient (Wildman–Crippen LogP) is 3.09. The van der Waals surface area contributed by atoms with Gasteiger partial charge in [-0.05, 0) is 43.8 Å². The molecule has 0 spiro atoms. The Balaban J connectivity index is 2.61. The minimum atomic E-state index is -0.331. The van der Waals surface area contributed by atoms with Crippen molar-refractivity contribution in [1.82, 2.24) is 5.32 Å². The molecule has 0 saturated carbocycles. The Hall–Kier alpha value is -0.330. The van der Waals surface area contributed by atoms with Crippen LogP contribution in [0.25, 0.3) is 0 Å². The molecule has 0 fully saturated rings. The van der Waals surface area contributed by atoms with Crippen molar-refractivity contribution in [3.05, 3.63) is 21.0 Å². The van der Waals surface area contributed by atoms with Crippen molar-refractivity contribution in [2.24, 2.45) is 5.92 Å². The van der Waals surface area contributed by atoms with Crippen LogP contribution in [-0.4, -0.2) is 19.1 Å². The van der Waals surface area contributed by atoms with Crippen LogP contribution in [-0.2, 0) is 16.1 Å². The van der Waals surface area contributed by atoms with E-state index in [-0.39, 0.29) is 17.9 Å². The fourth-order valence-electron chi connectivity index (χ4n) is 1.41. The van der Waals surface area contributed by atoms with Crippen LogP contribution in [0, 0.1) is 5.92 Å². The summed E-state index contributed by atoms with van der Waals surface area (Å²) in [6, 6.07) is 1.52. The van der Waals surface area contributed by atoms with Gasteiger partial charge in [0.05, 0.1) is 18.1 Å². The first-order chi connectivity index (χ1) is 7.95. The predicted molar refractivity (Wildman–Crippen MR) is 71.6 cm³/mol. The van der Waals surface area contributed by atoms with Crippen LogP contribution in [0.4, 0.5) is 0 Å². The maximum absolute atomic E-state index is 11.5. The minimum absolute atomic E-state index is 0.157. The molecule has 0 aliphatic carbocycles. The number of halogens is 2. The number of carbonyl (C=O) groups is 1. The third-order valence-electron chi connectivity index (χ3n) is 2.31. The molecular weight excluding hydrogens is 354 g/mol. The molecule has 96 valence electrons. The number of esters is 1. The summed E-state index contributed by atoms with van der Waals surface area (Å²) < 4.78 is 11.7. The number of hydrogen-bond acceptors (Lipinski definition) is 4. The zero-order valence-electron chi connectivity index (χ0n) is 9.92. The first-order valence-electron chi connectivity index (χ1n) is 5.20. The summed E-state index contributed by atoms with van der Waals surface area (Å²) in [5, 5.41) is 3.12. The van der Waals surface area contributed by atoms with Crippen molar-refractivity contribution < 1.29 is 13.9 Å². The minimum Gasteiger partial charge on any atom is -0.468 e. The average molecular weight is 369 g/mol. The van der Waals surface area contributed by atoms with E-state index >= 15 is 0 Å². The molecule has 1 heterocycles. The summed E-state index contributed by atoms with van der Waals surface area (Å²) in [5.74, 6) is 0.646. The SMILES string of the molecule is COC(=O)[C@@H](NCc1cc(Br)c(Br)o1)C(C)C. The topological polar surface area (TPSA) is 51.5 Å². The van der Waals surface area contributed by atoms with Crippen LogP contribution in [0.5, 0.6) is 0 Å². The van der Waals surface area contributed by atoms with E-state index in [2.05, 4.69) is 37.2 Å². The smallest absolute Gasteiger partial charge is 0.323 e. The summed E-state index contributed by atoms with van der Waals surface area (Å²) >= 11 is 6.60. The summed E-state index contributed by atoms with van der Waals surface area (Å²) in [4.78, 5) is 11.5. The van der Waals surface area contributed by atoms with Crippen LogP contribution in [0.15, 0.2) is 19.6 Å². The van der Waals surface area contributed by atoms with E-state index in [0.717, 1.165) is 10.2 Å². The second kappa shape index (κ2) is 6.56. The largest absolute Gasteiger partial charge is 0.468 e. The van der Waals surface area contributed by atoms with Crippen LogP contribution in [0.2, 0.25) is 0 Å². The maximum Gasteiger partial charge on any atom is 0.323 e. The lowest BCUT2D eigenvalue weighted by Gasteiger charge is -2.18. The lowest BCUT2D eigenvalue weighted by molar-refractivity contribution is -0.144. The van der Waals surface area contributed by atoms with E-state index in [1.54, 1.807) is 0 Å². The fourth-order valence-corrected chi connectivity index (χ4v) is 2.07. The first-order valence-corrected chi connectivity index (χ1v) is 6.79. The number of rotatable bonds is 5. The molecule has 0 bridgehead atoms. The number of methoxy groups -OCH3 is 1. The van der Waals surface area contributed by atoms with E-state index in [9.17, 15) is 4.79 Å². The van der Waals surface area contributed by atoms with Gasteiger partial charge in [-0.15, -0.1) is 0 Å². The summed E-state index contributed by atoms with van der Waals surface area (Å²) in [6.07, 6.45) is 0. The molecule has 0 unspecified atom stereocenters. The number of carbonyl (C=O) groups excluding carboxylic acids is 1. The molecule has 6 heteroatoms. The molecule has 17 heavy (non-hydrogen) atoms. The molecule has 1 aromatic rings. The van der Waals surface area contributed by atoms with Gasteiger partial charge in [0.15, 0.2) is 4.67 Å². The Morgan fingerprint density at radius 1 is 1.53 bits per heavy atom. The summed E-state index contributed by atoms with van der Waals surface area (Å²) in [7, 11) is 1.39. The normalized spacial score (nSPS) is 12.8. The standard InChI is InChI=1S/C11H15Br2NO3/c1-6(2)9(11(15)16-3)14-5-7-4-8(12)10(13)17-7/h4,6,9,14H,5H2,1-3H3/t9-/m0/s1. The van der Waals surface area contributed by atoms with Crippen LogP contribution < -0.4 is 5.32 Å². The van der Waals surface area contributed by atoms with Crippen molar-refractivity contribution in [2.45, 2.75) is 26.4 Å². The van der Waals surface area contributed by atoms with E-state index in [1.165, 1.54) is 7.11 Å². The van der Waals surface area contributed by atoms with E-state index in [4.69, 9.17) is 9.15 Å². The molecule has 1 atom stereocenters. The molecule has 0 saturated heterocycles. The van der Waals surface area contributed by atoms with Crippen molar-refractivity contribution in [1.29, 1.82) is 0 Å². The van der Waals surface area contributed by atoms with Gasteiger partial charge < -0.3 is 9.15 Å². The second-order valence-corrected chi connectivity index (χ2v) is 5.53. The maximum atomic E-state index is 11.5. The number of hydrogen-bond donors (Lipinski definition) is 1. The first kappa shape index (κ1) is 14.7. The van der Waals surface area contributed by atoms with E-state index in [0.29, 0.717) is 11.2 Å². The Morgan fingerprint density at radius 2 is 2.18 bits per heavy atom. The molecule has 1 rings (SSSR count). The highest BCUT2D eigenvalue weighted by Crippen LogP contribution is 2.26. The van der Waals surface area contributed by atoms with Crippen LogP contribution in [0.3, 0.4) is 0 Å². The van der Waals surface area contributed by atoms with Gasteiger partial charge in [0.25, 0.3) is 0 Å². The molecule has 0 aliphatic rings. The summed E-state index contributed by atoms with van der Waals surface area (Å²) in [5.41, 5.74) is 0. The molecule has 0 aromatic carbocycles. The van der Waals surface area contributed by atoms with Gasteiger partial charge in [0, 0.05) is 0 Å². The average Bonchev–Trinajstić information content (AvgIpc) is 2.57. The number of ether oxygens (including phenoxy) is 1. The Labute approximate surface area is 117 Å². The highest BCUT2D eigenvalue weighted by atomic mass is 79.9. The van der Waals surface area contributed by atoms with Gasteiger partial charge in [-0.1, -0.05) is 13.8 Å². The van der Waals surface area contributed by atoms with Gasteiger partial charge >= 0.3 is 5.97 Å². The van der Waals surface area contributed by atoms with Gasteiger partial charge in [-0.2, -0.15) is 0 Å². The fraction of sp³-hybridized carbons (Fsp3) is 0.545. The van der Waals surface area contributed by atoms with Crippen molar-refractivity contribution in [3.8, 4) is 0 Å². The van der Waals surface area contributed by atoms with Gasteiger partial charge in [0.1, 0.15) is 11.8 Å². The quantitative estimate of drug-likeness (QED) is 0.811. The Kier molecular flexibility index (Phi) is 5.69. The van der Waals surface area contributed by atoms with Crippen LogP contribution >= 0.6 is 31.9 Å². The monoisotopic (exact) mass is 367 g/mol. The third-order valence-corrected chi connectivity index (χ3v) is 4.02. The lowest BCUT2D eigenvalue weighted by Crippen LogP contribution is -2.41. The van der Waals surface area contributed by atoms with E-state index in [1.807, 2.05) is 19.9 Å². The number of nitrogens with one attached hydrogen (secondary N) is 1. The zero-order chi connectivity index (χ0) is 13.0. The molecule has 0 aliphatic heterocycles. The highest BCUT2D eigenvalue weighted by Gasteiger charge is 2.22. The number of furan rings is 1. The molecule has 0 amide bonds. The zero-order valence-corrected chi connectivity index (χ0v) is 13.1. The molecule has 0 radical (unpaired) electrons. The Bertz CT molecular complexity index is 371. The van der Waals surface area contributed by atoms with Crippen molar-refractivity contribution in [2.75, 3.05) is 7.11 Å². The van der Waals surface area contributed by atoms with E-state index < -0.39 is 0 Å². The van der Waals surface area contributed by atoms with Gasteiger partial charge in [-0.3, -0.25) is 10.1 Å². The second-order valence-electron chi connectivity index (χ2n) is 3.96. The van der Waals surface area contributed by atoms with Crippen LogP contribution in [0.1, 0.15) is 19.6 Å². The molecule has 1 aromatic heterocycles. The van der Waals surface area contributed by atoms with Gasteiger partial charge in [0.2, 0.25) is 0 Å². The van der Waals surface area contributed by atoms with Crippen molar-refractivity contribution >= 4 is 37.8 Å². The molecular formula is C11H15Br2NO3. The highest BCUT2D eigenvalue weighted by molar-refractivity contribution is 9.13. The lowest BCUT2D eigenvalue weighted by atomic mass is 10.0. The molecule has 1 N–H and O–H groups in total. The third kappa shape index (κ3) is 4.12. The molecule has 4 nitrogen and oxygen atoms in total.